The van der Waals surface area contributed by atoms with Gasteiger partial charge in [-0.05, 0) is 61.1 Å². The number of anilines is 1. The van der Waals surface area contributed by atoms with Gasteiger partial charge >= 0.3 is 0 Å². The highest BCUT2D eigenvalue weighted by Crippen LogP contribution is 2.30. The van der Waals surface area contributed by atoms with E-state index in [2.05, 4.69) is 20.9 Å². The van der Waals surface area contributed by atoms with Crippen molar-refractivity contribution in [1.29, 1.82) is 0 Å². The number of carbonyl (C=O) groups is 2. The van der Waals surface area contributed by atoms with Crippen molar-refractivity contribution in [3.8, 4) is 5.75 Å². The standard InChI is InChI=1S/C35H45N5O6S2/c1-23(2)20-40(48(44,45)28-14-15-29-32(19-28)47-35(39-29)37-17-16-36-26(5)41)21-31(42)30(18-27-12-7-6-8-13-27)38-33(43)22-46-34-24(3)10-9-11-25(34)4/h6-15,19,23,30-31,42H,16-18,20-22H2,1-5H3,(H,36,41)(H,37,39)(H,38,43)/t30?,31-/m1/s1. The molecule has 4 aromatic rings. The maximum Gasteiger partial charge on any atom is 0.258 e. The maximum absolute atomic E-state index is 14.1. The zero-order valence-electron chi connectivity index (χ0n) is 28.0. The van der Waals surface area contributed by atoms with E-state index in [4.69, 9.17) is 4.74 Å². The molecule has 3 aromatic carbocycles. The molecule has 0 saturated heterocycles. The minimum Gasteiger partial charge on any atom is -0.483 e. The first-order valence-corrected chi connectivity index (χ1v) is 18.2. The molecule has 1 aromatic heterocycles. The number of sulfonamides is 1. The van der Waals surface area contributed by atoms with Gasteiger partial charge in [-0.25, -0.2) is 13.4 Å². The van der Waals surface area contributed by atoms with Gasteiger partial charge in [0.05, 0.1) is 27.3 Å². The molecule has 4 N–H and O–H groups in total. The molecule has 13 heteroatoms. The van der Waals surface area contributed by atoms with E-state index in [0.29, 0.717) is 34.2 Å². The Morgan fingerprint density at radius 1 is 0.979 bits per heavy atom. The smallest absolute Gasteiger partial charge is 0.258 e. The molecule has 48 heavy (non-hydrogen) atoms. The quantitative estimate of drug-likeness (QED) is 0.120. The van der Waals surface area contributed by atoms with Crippen LogP contribution in [0.4, 0.5) is 5.13 Å². The van der Waals surface area contributed by atoms with Gasteiger partial charge in [0.2, 0.25) is 15.9 Å². The number of fused-ring (bicyclic) bond motifs is 1. The number of aliphatic hydroxyl groups is 1. The summed E-state index contributed by atoms with van der Waals surface area (Å²) < 4.78 is 36.0. The number of benzene rings is 3. The third-order valence-corrected chi connectivity index (χ3v) is 10.4. The number of nitrogens with zero attached hydrogens (tertiary/aromatic N) is 2. The Balaban J connectivity index is 1.53. The Bertz CT molecular complexity index is 1780. The molecule has 0 saturated carbocycles. The summed E-state index contributed by atoms with van der Waals surface area (Å²) in [5.74, 6) is 0.0512. The van der Waals surface area contributed by atoms with Crippen LogP contribution in [0.5, 0.6) is 5.75 Å². The van der Waals surface area contributed by atoms with Crippen molar-refractivity contribution >= 4 is 48.5 Å². The maximum atomic E-state index is 14.1. The first kappa shape index (κ1) is 36.8. The summed E-state index contributed by atoms with van der Waals surface area (Å²) in [6.07, 6.45) is -0.938. The van der Waals surface area contributed by atoms with E-state index in [1.807, 2.05) is 76.2 Å². The number of carbonyl (C=O) groups excluding carboxylic acids is 2. The summed E-state index contributed by atoms with van der Waals surface area (Å²) in [4.78, 5) is 28.9. The summed E-state index contributed by atoms with van der Waals surface area (Å²) in [7, 11) is -4.05. The van der Waals surface area contributed by atoms with Crippen molar-refractivity contribution in [1.82, 2.24) is 19.9 Å². The molecule has 0 spiro atoms. The molecule has 1 unspecified atom stereocenters. The Labute approximate surface area is 286 Å². The van der Waals surface area contributed by atoms with Gasteiger partial charge in [0.15, 0.2) is 11.7 Å². The van der Waals surface area contributed by atoms with Crippen molar-refractivity contribution in [2.45, 2.75) is 58.1 Å². The summed E-state index contributed by atoms with van der Waals surface area (Å²) in [6.45, 7) is 9.68. The topological polar surface area (TPSA) is 150 Å². The molecule has 258 valence electrons. The first-order valence-electron chi connectivity index (χ1n) is 15.9. The SMILES string of the molecule is CC(=O)NCCNc1nc2ccc(S(=O)(=O)N(CC(C)C)C[C@@H](O)C(Cc3ccccc3)NC(=O)COc3c(C)cccc3C)cc2s1. The second-order valence-corrected chi connectivity index (χ2v) is 15.2. The number of thiazole rings is 1. The Morgan fingerprint density at radius 2 is 1.69 bits per heavy atom. The highest BCUT2D eigenvalue weighted by Gasteiger charge is 2.32. The van der Waals surface area contributed by atoms with Crippen LogP contribution in [0.2, 0.25) is 0 Å². The molecule has 0 aliphatic rings. The van der Waals surface area contributed by atoms with Crippen molar-refractivity contribution in [3.63, 3.8) is 0 Å². The zero-order chi connectivity index (χ0) is 34.8. The van der Waals surface area contributed by atoms with E-state index < -0.39 is 28.1 Å². The van der Waals surface area contributed by atoms with Gasteiger partial charge in [0.25, 0.3) is 5.91 Å². The number of aryl methyl sites for hydroxylation is 2. The Morgan fingerprint density at radius 3 is 2.35 bits per heavy atom. The van der Waals surface area contributed by atoms with Crippen LogP contribution in [-0.4, -0.2) is 79.6 Å². The first-order chi connectivity index (χ1) is 22.8. The molecule has 1 heterocycles. The van der Waals surface area contributed by atoms with E-state index in [0.717, 1.165) is 16.7 Å². The molecular formula is C35H45N5O6S2. The van der Waals surface area contributed by atoms with Crippen LogP contribution in [0.1, 0.15) is 37.5 Å². The van der Waals surface area contributed by atoms with Gasteiger partial charge < -0.3 is 25.8 Å². The van der Waals surface area contributed by atoms with Crippen molar-refractivity contribution < 1.29 is 27.9 Å². The third kappa shape index (κ3) is 10.2. The number of nitrogens with one attached hydrogen (secondary N) is 3. The molecule has 0 bridgehead atoms. The molecule has 2 atom stereocenters. The van der Waals surface area contributed by atoms with Crippen molar-refractivity contribution in [2.75, 3.05) is 38.1 Å². The van der Waals surface area contributed by atoms with Crippen LogP contribution in [0.3, 0.4) is 0 Å². The Hall–Kier alpha value is -4.04. The average Bonchev–Trinajstić information content (AvgIpc) is 3.44. The second-order valence-electron chi connectivity index (χ2n) is 12.2. The number of ether oxygens (including phenoxy) is 1. The number of aromatic nitrogens is 1. The van der Waals surface area contributed by atoms with Crippen LogP contribution in [0.25, 0.3) is 10.2 Å². The molecule has 0 aliphatic heterocycles. The predicted octanol–water partition coefficient (Wildman–Crippen LogP) is 4.28. The average molecular weight is 696 g/mol. The lowest BCUT2D eigenvalue weighted by molar-refractivity contribution is -0.124. The number of aliphatic hydroxyl groups excluding tert-OH is 1. The lowest BCUT2D eigenvalue weighted by Crippen LogP contribution is -2.52. The van der Waals surface area contributed by atoms with Gasteiger partial charge in [-0.3, -0.25) is 9.59 Å². The van der Waals surface area contributed by atoms with E-state index in [1.54, 1.807) is 12.1 Å². The van der Waals surface area contributed by atoms with Gasteiger partial charge in [-0.2, -0.15) is 4.31 Å². The number of para-hydroxylation sites is 1. The normalized spacial score (nSPS) is 13.0. The van der Waals surface area contributed by atoms with Gasteiger partial charge in [0, 0.05) is 33.1 Å². The van der Waals surface area contributed by atoms with E-state index in [1.165, 1.54) is 28.6 Å². The van der Waals surface area contributed by atoms with Gasteiger partial charge in [-0.1, -0.05) is 73.7 Å². The fourth-order valence-electron chi connectivity index (χ4n) is 5.28. The number of rotatable bonds is 17. The van der Waals surface area contributed by atoms with Crippen LogP contribution in [-0.2, 0) is 26.0 Å². The van der Waals surface area contributed by atoms with Crippen LogP contribution in [0.15, 0.2) is 71.6 Å². The van der Waals surface area contributed by atoms with Crippen LogP contribution < -0.4 is 20.7 Å². The fraction of sp³-hybridized carbons (Fsp3) is 0.400. The molecule has 0 aliphatic carbocycles. The summed E-state index contributed by atoms with van der Waals surface area (Å²) >= 11 is 1.32. The van der Waals surface area contributed by atoms with E-state index >= 15 is 0 Å². The molecule has 0 radical (unpaired) electrons. The zero-order valence-corrected chi connectivity index (χ0v) is 29.7. The minimum absolute atomic E-state index is 0.0357. The van der Waals surface area contributed by atoms with Crippen molar-refractivity contribution in [3.05, 3.63) is 83.4 Å². The fourth-order valence-corrected chi connectivity index (χ4v) is 7.93. The highest BCUT2D eigenvalue weighted by molar-refractivity contribution is 7.89. The molecule has 11 nitrogen and oxygen atoms in total. The van der Waals surface area contributed by atoms with Crippen LogP contribution in [0, 0.1) is 19.8 Å². The van der Waals surface area contributed by atoms with Gasteiger partial charge in [0.1, 0.15) is 5.75 Å². The monoisotopic (exact) mass is 695 g/mol. The Kier molecular flexibility index (Phi) is 12.9. The summed E-state index contributed by atoms with van der Waals surface area (Å²) in [5.41, 5.74) is 3.34. The molecule has 4 rings (SSSR count). The second kappa shape index (κ2) is 16.9. The number of hydrogen-bond donors (Lipinski definition) is 4. The lowest BCUT2D eigenvalue weighted by atomic mass is 10.0. The lowest BCUT2D eigenvalue weighted by Gasteiger charge is -2.30. The molecule has 2 amide bonds. The minimum atomic E-state index is -4.05. The predicted molar refractivity (Wildman–Crippen MR) is 190 cm³/mol. The molecule has 0 fully saturated rings. The number of amides is 2. The van der Waals surface area contributed by atoms with Gasteiger partial charge in [-0.15, -0.1) is 0 Å². The van der Waals surface area contributed by atoms with E-state index in [9.17, 15) is 23.1 Å². The highest BCUT2D eigenvalue weighted by atomic mass is 32.2. The summed E-state index contributed by atoms with van der Waals surface area (Å²) in [5, 5.41) is 21.0. The van der Waals surface area contributed by atoms with Crippen molar-refractivity contribution in [2.24, 2.45) is 5.92 Å². The molecular weight excluding hydrogens is 651 g/mol. The third-order valence-electron chi connectivity index (χ3n) is 7.60. The largest absolute Gasteiger partial charge is 0.483 e. The van der Waals surface area contributed by atoms with E-state index in [-0.39, 0.29) is 42.8 Å². The van der Waals surface area contributed by atoms with Crippen LogP contribution >= 0.6 is 11.3 Å². The summed E-state index contributed by atoms with van der Waals surface area (Å²) in [6, 6.07) is 19.1. The number of hydrogen-bond acceptors (Lipinski definition) is 9.